The van der Waals surface area contributed by atoms with Crippen molar-refractivity contribution in [1.29, 1.82) is 0 Å². The van der Waals surface area contributed by atoms with Crippen molar-refractivity contribution in [3.8, 4) is 0 Å². The van der Waals surface area contributed by atoms with Gasteiger partial charge in [-0.15, -0.1) is 10.2 Å². The quantitative estimate of drug-likeness (QED) is 0.742. The average Bonchev–Trinajstić information content (AvgIpc) is 2.81. The van der Waals surface area contributed by atoms with Crippen LogP contribution < -0.4 is 9.80 Å². The van der Waals surface area contributed by atoms with Crippen LogP contribution in [0.5, 0.6) is 0 Å². The number of piperazine rings is 2. The molecule has 160 valence electrons. The minimum absolute atomic E-state index is 0.183. The third-order valence-corrected chi connectivity index (χ3v) is 5.90. The summed E-state index contributed by atoms with van der Waals surface area (Å²) >= 11 is 0. The molecule has 0 aliphatic carbocycles. The van der Waals surface area contributed by atoms with E-state index in [4.69, 9.17) is 5.11 Å². The zero-order valence-electron chi connectivity index (χ0n) is 17.4. The maximum Gasteiger partial charge on any atom is 0.227 e. The molecular formula is C22H30N6O2. The molecule has 8 heteroatoms. The van der Waals surface area contributed by atoms with Crippen molar-refractivity contribution in [2.75, 3.05) is 75.3 Å². The number of anilines is 2. The highest BCUT2D eigenvalue weighted by atomic mass is 16.3. The van der Waals surface area contributed by atoms with E-state index >= 15 is 0 Å². The van der Waals surface area contributed by atoms with Gasteiger partial charge in [-0.3, -0.25) is 9.69 Å². The smallest absolute Gasteiger partial charge is 0.227 e. The molecule has 1 amide bonds. The number of aliphatic hydroxyl groups excluding tert-OH is 1. The molecule has 0 spiro atoms. The normalized spacial score (nSPS) is 18.0. The fourth-order valence-electron chi connectivity index (χ4n) is 4.06. The summed E-state index contributed by atoms with van der Waals surface area (Å²) < 4.78 is 0. The molecule has 1 N–H and O–H groups in total. The predicted molar refractivity (Wildman–Crippen MR) is 117 cm³/mol. The van der Waals surface area contributed by atoms with Gasteiger partial charge < -0.3 is 19.8 Å². The van der Waals surface area contributed by atoms with E-state index < -0.39 is 0 Å². The van der Waals surface area contributed by atoms with Gasteiger partial charge in [-0.1, -0.05) is 30.3 Å². The molecule has 1 aromatic heterocycles. The molecule has 2 fully saturated rings. The number of carbonyl (C=O) groups excluding carboxylic acids is 1. The van der Waals surface area contributed by atoms with Crippen LogP contribution in [0.1, 0.15) is 5.56 Å². The Morgan fingerprint density at radius 1 is 0.800 bits per heavy atom. The number of β-amino-alcohol motifs (C(OH)–C–C–N with tert-alkyl or cyclic N) is 1. The summed E-state index contributed by atoms with van der Waals surface area (Å²) in [5.74, 6) is 1.95. The molecule has 0 bridgehead atoms. The fourth-order valence-corrected chi connectivity index (χ4v) is 4.06. The number of carbonyl (C=O) groups is 1. The molecule has 1 aromatic carbocycles. The number of aliphatic hydroxyl groups is 1. The Morgan fingerprint density at radius 3 is 1.90 bits per heavy atom. The van der Waals surface area contributed by atoms with E-state index in [2.05, 4.69) is 24.9 Å². The molecule has 2 aliphatic heterocycles. The summed E-state index contributed by atoms with van der Waals surface area (Å²) in [6.45, 7) is 7.57. The Labute approximate surface area is 177 Å². The number of hydrogen-bond acceptors (Lipinski definition) is 7. The van der Waals surface area contributed by atoms with Crippen LogP contribution in [0.3, 0.4) is 0 Å². The summed E-state index contributed by atoms with van der Waals surface area (Å²) in [7, 11) is 0. The zero-order valence-corrected chi connectivity index (χ0v) is 17.4. The van der Waals surface area contributed by atoms with Crippen molar-refractivity contribution in [3.05, 3.63) is 48.0 Å². The van der Waals surface area contributed by atoms with Gasteiger partial charge in [0.15, 0.2) is 11.6 Å². The maximum absolute atomic E-state index is 12.6. The van der Waals surface area contributed by atoms with Gasteiger partial charge in [-0.05, 0) is 17.7 Å². The van der Waals surface area contributed by atoms with Crippen LogP contribution in [0.25, 0.3) is 0 Å². The van der Waals surface area contributed by atoms with E-state index in [0.717, 1.165) is 63.0 Å². The first-order valence-electron chi connectivity index (χ1n) is 10.7. The summed E-state index contributed by atoms with van der Waals surface area (Å²) in [6, 6.07) is 14.0. The Balaban J connectivity index is 1.26. The van der Waals surface area contributed by atoms with Gasteiger partial charge in [0.05, 0.1) is 13.0 Å². The predicted octanol–water partition coefficient (Wildman–Crippen LogP) is 0.482. The number of amides is 1. The highest BCUT2D eigenvalue weighted by Gasteiger charge is 2.23. The van der Waals surface area contributed by atoms with E-state index in [1.54, 1.807) is 0 Å². The summed E-state index contributed by atoms with van der Waals surface area (Å²) in [4.78, 5) is 21.2. The van der Waals surface area contributed by atoms with Gasteiger partial charge in [0.2, 0.25) is 5.91 Å². The molecule has 30 heavy (non-hydrogen) atoms. The lowest BCUT2D eigenvalue weighted by Gasteiger charge is -2.36. The van der Waals surface area contributed by atoms with Crippen molar-refractivity contribution >= 4 is 17.5 Å². The van der Waals surface area contributed by atoms with E-state index in [9.17, 15) is 4.79 Å². The lowest BCUT2D eigenvalue weighted by Crippen LogP contribution is -2.49. The Bertz CT molecular complexity index is 800. The molecule has 2 saturated heterocycles. The monoisotopic (exact) mass is 410 g/mol. The number of hydrogen-bond donors (Lipinski definition) is 1. The first-order valence-corrected chi connectivity index (χ1v) is 10.7. The van der Waals surface area contributed by atoms with Gasteiger partial charge in [0.25, 0.3) is 0 Å². The molecule has 0 radical (unpaired) electrons. The SMILES string of the molecule is O=C(Cc1ccccc1)N1CCN(c2ccc(N3CCN(CCO)CC3)nn2)CC1. The second-order valence-corrected chi connectivity index (χ2v) is 7.83. The van der Waals surface area contributed by atoms with Gasteiger partial charge in [-0.2, -0.15) is 0 Å². The highest BCUT2D eigenvalue weighted by molar-refractivity contribution is 5.79. The highest BCUT2D eigenvalue weighted by Crippen LogP contribution is 2.18. The first kappa shape index (κ1) is 20.6. The van der Waals surface area contributed by atoms with Gasteiger partial charge in [-0.25, -0.2) is 0 Å². The van der Waals surface area contributed by atoms with E-state index in [0.29, 0.717) is 19.5 Å². The van der Waals surface area contributed by atoms with Crippen LogP contribution in [0.15, 0.2) is 42.5 Å². The van der Waals surface area contributed by atoms with E-state index in [1.165, 1.54) is 0 Å². The standard InChI is InChI=1S/C22H30N6O2/c29-17-16-25-8-10-26(11-9-25)20-6-7-21(24-23-20)27-12-14-28(15-13-27)22(30)18-19-4-2-1-3-5-19/h1-7,29H,8-18H2. The second-order valence-electron chi connectivity index (χ2n) is 7.83. The molecule has 4 rings (SSSR count). The van der Waals surface area contributed by atoms with Crippen molar-refractivity contribution in [1.82, 2.24) is 20.0 Å². The third-order valence-electron chi connectivity index (χ3n) is 5.90. The molecule has 2 aromatic rings. The third kappa shape index (κ3) is 5.06. The number of nitrogens with zero attached hydrogens (tertiary/aromatic N) is 6. The van der Waals surface area contributed by atoms with Crippen LogP contribution >= 0.6 is 0 Å². The Kier molecular flexibility index (Phi) is 6.76. The van der Waals surface area contributed by atoms with Crippen LogP contribution in [0, 0.1) is 0 Å². The van der Waals surface area contributed by atoms with Crippen LogP contribution in [-0.2, 0) is 11.2 Å². The van der Waals surface area contributed by atoms with Crippen LogP contribution in [-0.4, -0.2) is 96.5 Å². The van der Waals surface area contributed by atoms with E-state index in [-0.39, 0.29) is 12.5 Å². The molecule has 3 heterocycles. The number of rotatable bonds is 6. The van der Waals surface area contributed by atoms with Crippen molar-refractivity contribution in [2.24, 2.45) is 0 Å². The number of benzene rings is 1. The van der Waals surface area contributed by atoms with Crippen molar-refractivity contribution in [3.63, 3.8) is 0 Å². The summed E-state index contributed by atoms with van der Waals surface area (Å²) in [5.41, 5.74) is 1.06. The molecule has 0 saturated carbocycles. The van der Waals surface area contributed by atoms with E-state index in [1.807, 2.05) is 47.4 Å². The minimum Gasteiger partial charge on any atom is -0.395 e. The molecule has 2 aliphatic rings. The first-order chi connectivity index (χ1) is 14.7. The molecule has 0 atom stereocenters. The summed E-state index contributed by atoms with van der Waals surface area (Å²) in [5, 5.41) is 18.0. The molecule has 0 unspecified atom stereocenters. The minimum atomic E-state index is 0.183. The summed E-state index contributed by atoms with van der Waals surface area (Å²) in [6.07, 6.45) is 0.459. The lowest BCUT2D eigenvalue weighted by molar-refractivity contribution is -0.130. The largest absolute Gasteiger partial charge is 0.395 e. The van der Waals surface area contributed by atoms with Crippen molar-refractivity contribution in [2.45, 2.75) is 6.42 Å². The van der Waals surface area contributed by atoms with Crippen molar-refractivity contribution < 1.29 is 9.90 Å². The van der Waals surface area contributed by atoms with Gasteiger partial charge in [0.1, 0.15) is 0 Å². The molecule has 8 nitrogen and oxygen atoms in total. The second kappa shape index (κ2) is 9.86. The Hall–Kier alpha value is -2.71. The average molecular weight is 411 g/mol. The Morgan fingerprint density at radius 2 is 1.37 bits per heavy atom. The van der Waals surface area contributed by atoms with Gasteiger partial charge >= 0.3 is 0 Å². The van der Waals surface area contributed by atoms with Crippen LogP contribution in [0.2, 0.25) is 0 Å². The fraction of sp³-hybridized carbons (Fsp3) is 0.500. The zero-order chi connectivity index (χ0) is 20.8. The number of aromatic nitrogens is 2. The lowest BCUT2D eigenvalue weighted by atomic mass is 10.1. The topological polar surface area (TPSA) is 76.0 Å². The van der Waals surface area contributed by atoms with Crippen LogP contribution in [0.4, 0.5) is 11.6 Å². The van der Waals surface area contributed by atoms with Gasteiger partial charge in [0, 0.05) is 58.9 Å². The molecular weight excluding hydrogens is 380 g/mol. The maximum atomic E-state index is 12.6.